The summed E-state index contributed by atoms with van der Waals surface area (Å²) in [5, 5.41) is 8.94. The minimum absolute atomic E-state index is 0.0827. The molecule has 0 aliphatic carbocycles. The van der Waals surface area contributed by atoms with E-state index >= 15 is 0 Å². The number of aromatic nitrogens is 2. The zero-order chi connectivity index (χ0) is 13.2. The normalized spacial score (nSPS) is 11.4. The Morgan fingerprint density at radius 1 is 1.35 bits per heavy atom. The third-order valence-electron chi connectivity index (χ3n) is 2.56. The zero-order valence-corrected chi connectivity index (χ0v) is 11.0. The average Bonchev–Trinajstić information content (AvgIpc) is 2.17. The van der Waals surface area contributed by atoms with Crippen molar-refractivity contribution in [1.29, 1.82) is 0 Å². The summed E-state index contributed by atoms with van der Waals surface area (Å²) in [5.41, 5.74) is 1.37. The molecule has 1 aromatic rings. The van der Waals surface area contributed by atoms with E-state index in [1.54, 1.807) is 11.1 Å². The van der Waals surface area contributed by atoms with Crippen molar-refractivity contribution in [3.63, 3.8) is 0 Å². The van der Waals surface area contributed by atoms with Crippen LogP contribution in [0.15, 0.2) is 6.20 Å². The second-order valence-electron chi connectivity index (χ2n) is 5.05. The summed E-state index contributed by atoms with van der Waals surface area (Å²) >= 11 is 0. The highest BCUT2D eigenvalue weighted by molar-refractivity contribution is 5.73. The number of aryl methyl sites for hydroxylation is 2. The Balaban J connectivity index is 3.13. The molecule has 0 aliphatic rings. The quantitative estimate of drug-likeness (QED) is 0.868. The molecule has 0 bridgehead atoms. The minimum atomic E-state index is -0.875. The van der Waals surface area contributed by atoms with Crippen LogP contribution >= 0.6 is 0 Å². The number of carbonyl (C=O) groups is 1. The van der Waals surface area contributed by atoms with Crippen molar-refractivity contribution in [2.24, 2.45) is 0 Å². The minimum Gasteiger partial charge on any atom is -0.480 e. The fraction of sp³-hybridized carbons (Fsp3) is 0.583. The summed E-state index contributed by atoms with van der Waals surface area (Å²) < 4.78 is 0. The first-order valence-electron chi connectivity index (χ1n) is 5.51. The van der Waals surface area contributed by atoms with E-state index in [2.05, 4.69) is 9.97 Å². The van der Waals surface area contributed by atoms with Crippen LogP contribution in [0.3, 0.4) is 0 Å². The van der Waals surface area contributed by atoms with Crippen LogP contribution in [-0.4, -0.2) is 33.1 Å². The number of aliphatic carboxylic acids is 1. The third-order valence-corrected chi connectivity index (χ3v) is 2.56. The first kappa shape index (κ1) is 13.4. The molecule has 1 aromatic heterocycles. The van der Waals surface area contributed by atoms with E-state index in [4.69, 9.17) is 5.11 Å². The van der Waals surface area contributed by atoms with Crippen molar-refractivity contribution in [2.75, 3.05) is 11.4 Å². The predicted octanol–water partition coefficient (Wildman–Crippen LogP) is 1.78. The lowest BCUT2D eigenvalue weighted by atomic mass is 10.1. The molecule has 5 heteroatoms. The van der Waals surface area contributed by atoms with Gasteiger partial charge in [-0.15, -0.1) is 0 Å². The molecular weight excluding hydrogens is 218 g/mol. The Bertz CT molecular complexity index is 424. The Hall–Kier alpha value is -1.65. The first-order valence-corrected chi connectivity index (χ1v) is 5.51. The first-order chi connectivity index (χ1) is 7.71. The summed E-state index contributed by atoms with van der Waals surface area (Å²) in [4.78, 5) is 21.2. The molecule has 0 aliphatic heterocycles. The number of rotatable bonds is 3. The van der Waals surface area contributed by atoms with Crippen LogP contribution in [0.4, 0.5) is 5.82 Å². The molecule has 0 atom stereocenters. The van der Waals surface area contributed by atoms with Gasteiger partial charge < -0.3 is 10.0 Å². The molecule has 0 amide bonds. The average molecular weight is 237 g/mol. The van der Waals surface area contributed by atoms with Gasteiger partial charge in [0.25, 0.3) is 0 Å². The highest BCUT2D eigenvalue weighted by Crippen LogP contribution is 2.21. The van der Waals surface area contributed by atoms with E-state index in [9.17, 15) is 4.79 Å². The maximum Gasteiger partial charge on any atom is 0.323 e. The van der Waals surface area contributed by atoms with Crippen LogP contribution in [-0.2, 0) is 4.79 Å². The molecule has 17 heavy (non-hydrogen) atoms. The van der Waals surface area contributed by atoms with Crippen LogP contribution in [0.2, 0.25) is 0 Å². The molecule has 0 saturated carbocycles. The summed E-state index contributed by atoms with van der Waals surface area (Å²) in [6.07, 6.45) is 1.62. The molecule has 1 rings (SSSR count). The van der Waals surface area contributed by atoms with Gasteiger partial charge in [-0.3, -0.25) is 9.78 Å². The molecule has 0 aromatic carbocycles. The second-order valence-corrected chi connectivity index (χ2v) is 5.05. The lowest BCUT2D eigenvalue weighted by Gasteiger charge is -2.35. The number of anilines is 1. The summed E-state index contributed by atoms with van der Waals surface area (Å²) in [6.45, 7) is 9.52. The van der Waals surface area contributed by atoms with Crippen molar-refractivity contribution in [3.05, 3.63) is 17.6 Å². The van der Waals surface area contributed by atoms with Crippen molar-refractivity contribution in [3.8, 4) is 0 Å². The lowest BCUT2D eigenvalue weighted by Crippen LogP contribution is -2.45. The fourth-order valence-corrected chi connectivity index (χ4v) is 1.46. The number of nitrogens with zero attached hydrogens (tertiary/aromatic N) is 3. The molecule has 94 valence electrons. The van der Waals surface area contributed by atoms with E-state index in [-0.39, 0.29) is 12.1 Å². The van der Waals surface area contributed by atoms with Gasteiger partial charge in [0.1, 0.15) is 12.4 Å². The van der Waals surface area contributed by atoms with Gasteiger partial charge in [0.15, 0.2) is 0 Å². The van der Waals surface area contributed by atoms with E-state index < -0.39 is 5.97 Å². The topological polar surface area (TPSA) is 66.3 Å². The van der Waals surface area contributed by atoms with E-state index in [0.29, 0.717) is 5.82 Å². The SMILES string of the molecule is Cc1ncc(N(CC(=O)O)C(C)(C)C)nc1C. The number of carboxylic acid groups (broad SMARTS) is 1. The molecule has 0 fully saturated rings. The third kappa shape index (κ3) is 3.41. The summed E-state index contributed by atoms with van der Waals surface area (Å²) in [7, 11) is 0. The molecule has 0 unspecified atom stereocenters. The maximum absolute atomic E-state index is 10.9. The number of carboxylic acids is 1. The maximum atomic E-state index is 10.9. The van der Waals surface area contributed by atoms with Crippen LogP contribution < -0.4 is 4.90 Å². The Labute approximate surface area is 102 Å². The van der Waals surface area contributed by atoms with Gasteiger partial charge >= 0.3 is 5.97 Å². The van der Waals surface area contributed by atoms with Gasteiger partial charge in [-0.05, 0) is 34.6 Å². The number of hydrogen-bond acceptors (Lipinski definition) is 4. The second kappa shape index (κ2) is 4.69. The molecule has 1 heterocycles. The van der Waals surface area contributed by atoms with Gasteiger partial charge in [0.2, 0.25) is 0 Å². The molecular formula is C12H19N3O2. The van der Waals surface area contributed by atoms with Gasteiger partial charge in [-0.2, -0.15) is 0 Å². The molecule has 0 spiro atoms. The van der Waals surface area contributed by atoms with Crippen LogP contribution in [0, 0.1) is 13.8 Å². The largest absolute Gasteiger partial charge is 0.480 e. The molecule has 5 nitrogen and oxygen atoms in total. The van der Waals surface area contributed by atoms with Crippen molar-refractivity contribution in [2.45, 2.75) is 40.2 Å². The Morgan fingerprint density at radius 3 is 2.35 bits per heavy atom. The standard InChI is InChI=1S/C12H19N3O2/c1-8-9(2)14-10(6-13-8)15(7-11(16)17)12(3,4)5/h6H,7H2,1-5H3,(H,16,17). The summed E-state index contributed by atoms with van der Waals surface area (Å²) in [6, 6.07) is 0. The fourth-order valence-electron chi connectivity index (χ4n) is 1.46. The number of hydrogen-bond donors (Lipinski definition) is 1. The lowest BCUT2D eigenvalue weighted by molar-refractivity contribution is -0.135. The van der Waals surface area contributed by atoms with Gasteiger partial charge in [0.05, 0.1) is 17.6 Å². The van der Waals surface area contributed by atoms with Crippen LogP contribution in [0.25, 0.3) is 0 Å². The van der Waals surface area contributed by atoms with E-state index in [1.807, 2.05) is 34.6 Å². The monoisotopic (exact) mass is 237 g/mol. The highest BCUT2D eigenvalue weighted by atomic mass is 16.4. The zero-order valence-electron chi connectivity index (χ0n) is 11.0. The van der Waals surface area contributed by atoms with Crippen molar-refractivity contribution >= 4 is 11.8 Å². The van der Waals surface area contributed by atoms with Crippen molar-refractivity contribution < 1.29 is 9.90 Å². The van der Waals surface area contributed by atoms with Crippen molar-refractivity contribution in [1.82, 2.24) is 9.97 Å². The summed E-state index contributed by atoms with van der Waals surface area (Å²) in [5.74, 6) is -0.275. The van der Waals surface area contributed by atoms with Gasteiger partial charge in [-0.25, -0.2) is 4.98 Å². The van der Waals surface area contributed by atoms with Crippen LogP contribution in [0.1, 0.15) is 32.2 Å². The van der Waals surface area contributed by atoms with Gasteiger partial charge in [-0.1, -0.05) is 0 Å². The van der Waals surface area contributed by atoms with E-state index in [0.717, 1.165) is 11.4 Å². The Morgan fingerprint density at radius 2 is 1.94 bits per heavy atom. The predicted molar refractivity (Wildman–Crippen MR) is 66.2 cm³/mol. The van der Waals surface area contributed by atoms with E-state index in [1.165, 1.54) is 0 Å². The van der Waals surface area contributed by atoms with Crippen LogP contribution in [0.5, 0.6) is 0 Å². The van der Waals surface area contributed by atoms with Gasteiger partial charge in [0, 0.05) is 5.54 Å². The molecule has 0 saturated heterocycles. The smallest absolute Gasteiger partial charge is 0.323 e. The molecule has 1 N–H and O–H groups in total. The highest BCUT2D eigenvalue weighted by Gasteiger charge is 2.25. The molecule has 0 radical (unpaired) electrons. The Kier molecular flexibility index (Phi) is 3.70.